The van der Waals surface area contributed by atoms with E-state index in [0.717, 1.165) is 12.8 Å². The number of nitrogens with one attached hydrogen (secondary N) is 1. The number of aliphatic carboxylic acids is 1. The highest BCUT2D eigenvalue weighted by Crippen LogP contribution is 2.26. The van der Waals surface area contributed by atoms with Gasteiger partial charge in [0.15, 0.2) is 0 Å². The third-order valence-electron chi connectivity index (χ3n) is 3.27. The van der Waals surface area contributed by atoms with Crippen molar-refractivity contribution in [3.05, 3.63) is 0 Å². The van der Waals surface area contributed by atoms with Crippen molar-refractivity contribution in [3.8, 4) is 0 Å². The summed E-state index contributed by atoms with van der Waals surface area (Å²) in [6.07, 6.45) is 6.08. The van der Waals surface area contributed by atoms with E-state index in [1.165, 1.54) is 19.3 Å². The molecule has 3 atom stereocenters. The molecule has 0 aromatic heterocycles. The number of hydrogen-bond acceptors (Lipinski definition) is 2. The van der Waals surface area contributed by atoms with Crippen LogP contribution in [0.25, 0.3) is 0 Å². The molecule has 82 valence electrons. The van der Waals surface area contributed by atoms with Crippen molar-refractivity contribution in [1.29, 1.82) is 0 Å². The average Bonchev–Trinajstić information content (AvgIpc) is 2.18. The first-order chi connectivity index (χ1) is 6.65. The summed E-state index contributed by atoms with van der Waals surface area (Å²) in [5.74, 6) is -0.0732. The maximum absolute atomic E-state index is 10.7. The quantitative estimate of drug-likeness (QED) is 0.728. The Morgan fingerprint density at radius 2 is 2.14 bits per heavy atom. The molecule has 2 N–H and O–H groups in total. The van der Waals surface area contributed by atoms with Crippen LogP contribution in [0.1, 0.15) is 46.0 Å². The molecule has 3 heteroatoms. The van der Waals surface area contributed by atoms with Crippen molar-refractivity contribution in [3.63, 3.8) is 0 Å². The minimum Gasteiger partial charge on any atom is -0.480 e. The van der Waals surface area contributed by atoms with Gasteiger partial charge in [-0.15, -0.1) is 0 Å². The Hall–Kier alpha value is -0.570. The molecule has 0 aliphatic heterocycles. The number of hydrogen-bond donors (Lipinski definition) is 2. The van der Waals surface area contributed by atoms with Gasteiger partial charge < -0.3 is 10.4 Å². The van der Waals surface area contributed by atoms with Crippen LogP contribution in [0, 0.1) is 5.92 Å². The second kappa shape index (κ2) is 5.35. The van der Waals surface area contributed by atoms with Gasteiger partial charge in [0.1, 0.15) is 6.04 Å². The molecule has 3 unspecified atom stereocenters. The van der Waals surface area contributed by atoms with Gasteiger partial charge in [0.2, 0.25) is 0 Å². The molecule has 0 amide bonds. The summed E-state index contributed by atoms with van der Waals surface area (Å²) in [5, 5.41) is 12.0. The number of carbonyl (C=O) groups is 1. The van der Waals surface area contributed by atoms with Gasteiger partial charge in [-0.3, -0.25) is 4.79 Å². The van der Waals surface area contributed by atoms with Crippen molar-refractivity contribution in [2.45, 2.75) is 58.0 Å². The van der Waals surface area contributed by atoms with Crippen LogP contribution in [0.4, 0.5) is 0 Å². The molecule has 0 radical (unpaired) electrons. The van der Waals surface area contributed by atoms with Crippen molar-refractivity contribution in [1.82, 2.24) is 5.32 Å². The fraction of sp³-hybridized carbons (Fsp3) is 0.909. The Labute approximate surface area is 85.9 Å². The maximum atomic E-state index is 10.7. The van der Waals surface area contributed by atoms with Crippen LogP contribution in [0.5, 0.6) is 0 Å². The standard InChI is InChI=1S/C11H21NO2/c1-3-9-6-4-5-7-10(9)12-8(2)11(13)14/h8-10,12H,3-7H2,1-2H3,(H,13,14). The van der Waals surface area contributed by atoms with Crippen LogP contribution in [0.15, 0.2) is 0 Å². The Bertz CT molecular complexity index is 194. The second-order valence-corrected chi connectivity index (χ2v) is 4.29. The van der Waals surface area contributed by atoms with Crippen LogP contribution in [0.3, 0.4) is 0 Å². The molecule has 1 saturated carbocycles. The maximum Gasteiger partial charge on any atom is 0.320 e. The summed E-state index contributed by atoms with van der Waals surface area (Å²) in [6, 6.07) is 0.00648. The lowest BCUT2D eigenvalue weighted by Gasteiger charge is -2.32. The normalized spacial score (nSPS) is 29.9. The summed E-state index contributed by atoms with van der Waals surface area (Å²) in [6.45, 7) is 3.92. The number of carboxylic acid groups (broad SMARTS) is 1. The van der Waals surface area contributed by atoms with E-state index in [1.54, 1.807) is 6.92 Å². The number of carboxylic acids is 1. The SMILES string of the molecule is CCC1CCCCC1NC(C)C(=O)O. The van der Waals surface area contributed by atoms with Gasteiger partial charge in [-0.2, -0.15) is 0 Å². The van der Waals surface area contributed by atoms with Gasteiger partial charge in [0.05, 0.1) is 0 Å². The minimum absolute atomic E-state index is 0.410. The fourth-order valence-electron chi connectivity index (χ4n) is 2.31. The molecule has 1 aliphatic rings. The highest BCUT2D eigenvalue weighted by Gasteiger charge is 2.26. The van der Waals surface area contributed by atoms with Crippen LogP contribution in [-0.4, -0.2) is 23.2 Å². The first-order valence-electron chi connectivity index (χ1n) is 5.64. The van der Waals surface area contributed by atoms with Crippen LogP contribution >= 0.6 is 0 Å². The topological polar surface area (TPSA) is 49.3 Å². The van der Waals surface area contributed by atoms with E-state index in [9.17, 15) is 4.79 Å². The Balaban J connectivity index is 2.44. The molecule has 1 fully saturated rings. The molecule has 0 aromatic rings. The zero-order valence-corrected chi connectivity index (χ0v) is 9.12. The lowest BCUT2D eigenvalue weighted by Crippen LogP contribution is -2.46. The predicted molar refractivity (Wildman–Crippen MR) is 56.3 cm³/mol. The fourth-order valence-corrected chi connectivity index (χ4v) is 2.31. The van der Waals surface area contributed by atoms with Crippen molar-refractivity contribution in [2.24, 2.45) is 5.92 Å². The lowest BCUT2D eigenvalue weighted by molar-refractivity contribution is -0.139. The summed E-state index contributed by atoms with van der Waals surface area (Å²) < 4.78 is 0. The predicted octanol–water partition coefficient (Wildman–Crippen LogP) is 2.02. The minimum atomic E-state index is -0.745. The van der Waals surface area contributed by atoms with Gasteiger partial charge in [-0.25, -0.2) is 0 Å². The smallest absolute Gasteiger partial charge is 0.320 e. The first kappa shape index (κ1) is 11.5. The van der Waals surface area contributed by atoms with Crippen molar-refractivity contribution < 1.29 is 9.90 Å². The molecular formula is C11H21NO2. The van der Waals surface area contributed by atoms with E-state index in [2.05, 4.69) is 12.2 Å². The van der Waals surface area contributed by atoms with Crippen LogP contribution < -0.4 is 5.32 Å². The lowest BCUT2D eigenvalue weighted by atomic mass is 9.82. The molecule has 3 nitrogen and oxygen atoms in total. The highest BCUT2D eigenvalue weighted by molar-refractivity contribution is 5.72. The van der Waals surface area contributed by atoms with E-state index < -0.39 is 12.0 Å². The molecule has 1 rings (SSSR count). The Kier molecular flexibility index (Phi) is 4.39. The first-order valence-corrected chi connectivity index (χ1v) is 5.64. The molecule has 0 saturated heterocycles. The summed E-state index contributed by atoms with van der Waals surface area (Å²) in [7, 11) is 0. The van der Waals surface area contributed by atoms with Crippen LogP contribution in [-0.2, 0) is 4.79 Å². The van der Waals surface area contributed by atoms with Crippen LogP contribution in [0.2, 0.25) is 0 Å². The summed E-state index contributed by atoms with van der Waals surface area (Å²) in [4.78, 5) is 10.7. The second-order valence-electron chi connectivity index (χ2n) is 4.29. The van der Waals surface area contributed by atoms with Gasteiger partial charge in [-0.05, 0) is 25.7 Å². The Morgan fingerprint density at radius 1 is 1.50 bits per heavy atom. The van der Waals surface area contributed by atoms with E-state index in [4.69, 9.17) is 5.11 Å². The summed E-state index contributed by atoms with van der Waals surface area (Å²) >= 11 is 0. The van der Waals surface area contributed by atoms with Gasteiger partial charge in [0.25, 0.3) is 0 Å². The molecule has 1 aliphatic carbocycles. The van der Waals surface area contributed by atoms with Gasteiger partial charge >= 0.3 is 5.97 Å². The van der Waals surface area contributed by atoms with E-state index in [1.807, 2.05) is 0 Å². The van der Waals surface area contributed by atoms with Gasteiger partial charge in [0, 0.05) is 6.04 Å². The van der Waals surface area contributed by atoms with E-state index in [-0.39, 0.29) is 0 Å². The zero-order valence-electron chi connectivity index (χ0n) is 9.12. The average molecular weight is 199 g/mol. The monoisotopic (exact) mass is 199 g/mol. The third-order valence-corrected chi connectivity index (χ3v) is 3.27. The van der Waals surface area contributed by atoms with E-state index in [0.29, 0.717) is 12.0 Å². The van der Waals surface area contributed by atoms with Crippen molar-refractivity contribution in [2.75, 3.05) is 0 Å². The number of rotatable bonds is 4. The van der Waals surface area contributed by atoms with E-state index >= 15 is 0 Å². The molecule has 0 bridgehead atoms. The third kappa shape index (κ3) is 2.98. The van der Waals surface area contributed by atoms with Crippen molar-refractivity contribution >= 4 is 5.97 Å². The van der Waals surface area contributed by atoms with Gasteiger partial charge in [-0.1, -0.05) is 26.2 Å². The molecule has 0 heterocycles. The molecule has 14 heavy (non-hydrogen) atoms. The molecular weight excluding hydrogens is 178 g/mol. The highest BCUT2D eigenvalue weighted by atomic mass is 16.4. The largest absolute Gasteiger partial charge is 0.480 e. The summed E-state index contributed by atoms with van der Waals surface area (Å²) in [5.41, 5.74) is 0. The molecule has 0 aromatic carbocycles. The molecule has 0 spiro atoms. The zero-order chi connectivity index (χ0) is 10.6. The Morgan fingerprint density at radius 3 is 2.71 bits per heavy atom.